The van der Waals surface area contributed by atoms with Crippen LogP contribution in [0.25, 0.3) is 0 Å². The minimum Gasteiger partial charge on any atom is -0.336 e. The molecule has 2 rings (SSSR count). The highest BCUT2D eigenvalue weighted by atomic mass is 19.4. The molecule has 2 unspecified atom stereocenters. The van der Waals surface area contributed by atoms with Crippen LogP contribution in [0.1, 0.15) is 0 Å². The first kappa shape index (κ1) is 13.0. The van der Waals surface area contributed by atoms with Crippen LogP contribution in [0.5, 0.6) is 0 Å². The van der Waals surface area contributed by atoms with E-state index in [1.54, 1.807) is 9.80 Å². The number of urea groups is 1. The Balaban J connectivity index is 1.93. The number of piperazine rings is 1. The zero-order chi connectivity index (χ0) is 13.3. The largest absolute Gasteiger partial charge is 0.405 e. The third-order valence-electron chi connectivity index (χ3n) is 3.31. The number of carbonyl (C=O) groups excluding carboxylic acids is 1. The van der Waals surface area contributed by atoms with Crippen LogP contribution in [0.4, 0.5) is 18.0 Å². The molecule has 0 saturated carbocycles. The standard InChI is InChI=1S/C10H13F3N4O/c11-10(12,13)7(3-14)5-16-1-2-17-8(6-16)4-15-9(17)18/h7-8H,1-2,4-6H2,(H,15,18). The molecule has 2 atom stereocenters. The molecule has 18 heavy (non-hydrogen) atoms. The number of nitrogens with zero attached hydrogens (tertiary/aromatic N) is 3. The molecule has 0 spiro atoms. The number of carbonyl (C=O) groups is 1. The summed E-state index contributed by atoms with van der Waals surface area (Å²) >= 11 is 0. The molecule has 0 aliphatic carbocycles. The zero-order valence-electron chi connectivity index (χ0n) is 9.57. The summed E-state index contributed by atoms with van der Waals surface area (Å²) in [6.07, 6.45) is -4.49. The van der Waals surface area contributed by atoms with Gasteiger partial charge in [0.15, 0.2) is 5.92 Å². The number of fused-ring (bicyclic) bond motifs is 1. The Morgan fingerprint density at radius 3 is 2.83 bits per heavy atom. The fourth-order valence-electron chi connectivity index (χ4n) is 2.31. The predicted octanol–water partition coefficient (Wildman–Crippen LogP) is 0.398. The monoisotopic (exact) mass is 262 g/mol. The average molecular weight is 262 g/mol. The van der Waals surface area contributed by atoms with Crippen LogP contribution in [0.3, 0.4) is 0 Å². The SMILES string of the molecule is N#CC(CN1CCN2C(=O)NCC2C1)C(F)(F)F. The third-order valence-corrected chi connectivity index (χ3v) is 3.31. The maximum absolute atomic E-state index is 12.5. The Bertz CT molecular complexity index is 378. The molecule has 2 fully saturated rings. The van der Waals surface area contributed by atoms with E-state index in [0.717, 1.165) is 0 Å². The molecule has 2 aliphatic rings. The Labute approximate surface area is 102 Å². The number of hydrogen-bond acceptors (Lipinski definition) is 3. The smallest absolute Gasteiger partial charge is 0.336 e. The first-order chi connectivity index (χ1) is 8.41. The van der Waals surface area contributed by atoms with Gasteiger partial charge in [-0.2, -0.15) is 18.4 Å². The van der Waals surface area contributed by atoms with Crippen LogP contribution < -0.4 is 5.32 Å². The van der Waals surface area contributed by atoms with Crippen LogP contribution in [0.2, 0.25) is 0 Å². The van der Waals surface area contributed by atoms with Gasteiger partial charge in [-0.05, 0) is 0 Å². The molecule has 2 saturated heterocycles. The van der Waals surface area contributed by atoms with E-state index < -0.39 is 12.1 Å². The molecule has 0 aromatic heterocycles. The van der Waals surface area contributed by atoms with E-state index >= 15 is 0 Å². The molecule has 2 aliphatic heterocycles. The van der Waals surface area contributed by atoms with E-state index in [0.29, 0.717) is 26.2 Å². The van der Waals surface area contributed by atoms with E-state index in [2.05, 4.69) is 5.32 Å². The van der Waals surface area contributed by atoms with Crippen molar-refractivity contribution in [3.8, 4) is 6.07 Å². The summed E-state index contributed by atoms with van der Waals surface area (Å²) in [4.78, 5) is 14.5. The van der Waals surface area contributed by atoms with Crippen LogP contribution >= 0.6 is 0 Å². The maximum atomic E-state index is 12.5. The number of amides is 2. The van der Waals surface area contributed by atoms with Crippen molar-refractivity contribution >= 4 is 6.03 Å². The number of nitrogens with one attached hydrogen (secondary N) is 1. The van der Waals surface area contributed by atoms with Crippen LogP contribution in [0.15, 0.2) is 0 Å². The number of nitriles is 1. The van der Waals surface area contributed by atoms with E-state index in [-0.39, 0.29) is 18.6 Å². The molecular formula is C10H13F3N4O. The summed E-state index contributed by atoms with van der Waals surface area (Å²) in [6.45, 7) is 1.30. The normalized spacial score (nSPS) is 26.4. The molecule has 2 amide bonds. The second-order valence-electron chi connectivity index (χ2n) is 4.52. The highest BCUT2D eigenvalue weighted by Crippen LogP contribution is 2.27. The molecule has 100 valence electrons. The molecule has 0 bridgehead atoms. The summed E-state index contributed by atoms with van der Waals surface area (Å²) < 4.78 is 37.4. The lowest BCUT2D eigenvalue weighted by molar-refractivity contribution is -0.164. The molecule has 0 radical (unpaired) electrons. The highest BCUT2D eigenvalue weighted by molar-refractivity contribution is 5.77. The van der Waals surface area contributed by atoms with Gasteiger partial charge < -0.3 is 10.2 Å². The zero-order valence-corrected chi connectivity index (χ0v) is 9.57. The number of halogens is 3. The van der Waals surface area contributed by atoms with Gasteiger partial charge in [-0.25, -0.2) is 4.79 Å². The highest BCUT2D eigenvalue weighted by Gasteiger charge is 2.43. The van der Waals surface area contributed by atoms with Crippen molar-refractivity contribution in [3.05, 3.63) is 0 Å². The Kier molecular flexibility index (Phi) is 3.34. The van der Waals surface area contributed by atoms with Gasteiger partial charge in [-0.1, -0.05) is 0 Å². The summed E-state index contributed by atoms with van der Waals surface area (Å²) in [5.74, 6) is -1.96. The Morgan fingerprint density at radius 2 is 2.22 bits per heavy atom. The summed E-state index contributed by atoms with van der Waals surface area (Å²) in [5.41, 5.74) is 0. The molecule has 0 aromatic rings. The first-order valence-electron chi connectivity index (χ1n) is 5.65. The summed E-state index contributed by atoms with van der Waals surface area (Å²) in [6, 6.07) is 1.05. The third kappa shape index (κ3) is 2.51. The minimum atomic E-state index is -4.49. The Hall–Kier alpha value is -1.49. The van der Waals surface area contributed by atoms with Crippen molar-refractivity contribution in [2.45, 2.75) is 12.2 Å². The van der Waals surface area contributed by atoms with Gasteiger partial charge in [0, 0.05) is 32.7 Å². The first-order valence-corrected chi connectivity index (χ1v) is 5.65. The fraction of sp³-hybridized carbons (Fsp3) is 0.800. The number of alkyl halides is 3. The predicted molar refractivity (Wildman–Crippen MR) is 55.5 cm³/mol. The van der Waals surface area contributed by atoms with Gasteiger partial charge in [0.25, 0.3) is 0 Å². The van der Waals surface area contributed by atoms with Crippen molar-refractivity contribution in [3.63, 3.8) is 0 Å². The number of rotatable bonds is 2. The van der Waals surface area contributed by atoms with Crippen LogP contribution in [0, 0.1) is 17.2 Å². The summed E-state index contributed by atoms with van der Waals surface area (Å²) in [7, 11) is 0. The van der Waals surface area contributed by atoms with Crippen molar-refractivity contribution in [1.82, 2.24) is 15.1 Å². The lowest BCUT2D eigenvalue weighted by Crippen LogP contribution is -2.53. The quantitative estimate of drug-likeness (QED) is 0.783. The lowest BCUT2D eigenvalue weighted by Gasteiger charge is -2.37. The molecule has 2 heterocycles. The van der Waals surface area contributed by atoms with Crippen LogP contribution in [-0.2, 0) is 0 Å². The lowest BCUT2D eigenvalue weighted by atomic mass is 10.1. The average Bonchev–Trinajstić information content (AvgIpc) is 2.66. The van der Waals surface area contributed by atoms with E-state index in [4.69, 9.17) is 5.26 Å². The molecule has 5 nitrogen and oxygen atoms in total. The van der Waals surface area contributed by atoms with Gasteiger partial charge in [0.2, 0.25) is 0 Å². The van der Waals surface area contributed by atoms with Gasteiger partial charge in [-0.15, -0.1) is 0 Å². The minimum absolute atomic E-state index is 0.0844. The van der Waals surface area contributed by atoms with Crippen molar-refractivity contribution < 1.29 is 18.0 Å². The molecule has 8 heteroatoms. The van der Waals surface area contributed by atoms with Gasteiger partial charge >= 0.3 is 12.2 Å². The van der Waals surface area contributed by atoms with Crippen LogP contribution in [-0.4, -0.2) is 60.8 Å². The Morgan fingerprint density at radius 1 is 1.50 bits per heavy atom. The van der Waals surface area contributed by atoms with Crippen molar-refractivity contribution in [2.24, 2.45) is 5.92 Å². The second kappa shape index (κ2) is 4.65. The van der Waals surface area contributed by atoms with E-state index in [9.17, 15) is 18.0 Å². The molecule has 1 N–H and O–H groups in total. The van der Waals surface area contributed by atoms with Crippen molar-refractivity contribution in [1.29, 1.82) is 5.26 Å². The van der Waals surface area contributed by atoms with Gasteiger partial charge in [-0.3, -0.25) is 4.90 Å². The van der Waals surface area contributed by atoms with Gasteiger partial charge in [0.1, 0.15) is 0 Å². The van der Waals surface area contributed by atoms with Crippen molar-refractivity contribution in [2.75, 3.05) is 32.7 Å². The second-order valence-corrected chi connectivity index (χ2v) is 4.52. The molecular weight excluding hydrogens is 249 g/mol. The maximum Gasteiger partial charge on any atom is 0.405 e. The number of hydrogen-bond donors (Lipinski definition) is 1. The van der Waals surface area contributed by atoms with E-state index in [1.165, 1.54) is 6.07 Å². The van der Waals surface area contributed by atoms with E-state index in [1.807, 2.05) is 0 Å². The van der Waals surface area contributed by atoms with Gasteiger partial charge in [0.05, 0.1) is 12.1 Å². The topological polar surface area (TPSA) is 59.4 Å². The molecule has 0 aromatic carbocycles. The summed E-state index contributed by atoms with van der Waals surface area (Å²) in [5, 5.41) is 11.2. The fourth-order valence-corrected chi connectivity index (χ4v) is 2.31.